The van der Waals surface area contributed by atoms with Crippen LogP contribution in [-0.2, 0) is 9.59 Å². The van der Waals surface area contributed by atoms with Gasteiger partial charge in [-0.15, -0.1) is 0 Å². The first-order valence-corrected chi connectivity index (χ1v) is 5.22. The van der Waals surface area contributed by atoms with Crippen molar-refractivity contribution < 1.29 is 41.4 Å². The van der Waals surface area contributed by atoms with Gasteiger partial charge < -0.3 is 9.84 Å². The molecule has 0 aliphatic rings. The lowest BCUT2D eigenvalue weighted by molar-refractivity contribution is -0.276. The fourth-order valence-electron chi connectivity index (χ4n) is 1.15. The third-order valence-electron chi connectivity index (χ3n) is 2.14. The molecule has 1 N–H and O–H groups in total. The lowest BCUT2D eigenvalue weighted by atomic mass is 10.2. The molecule has 0 atom stereocenters. The van der Waals surface area contributed by atoms with Crippen molar-refractivity contribution in [1.29, 1.82) is 0 Å². The van der Waals surface area contributed by atoms with E-state index in [1.807, 2.05) is 0 Å². The molecule has 0 bridgehead atoms. The Labute approximate surface area is 114 Å². The number of alkyl halides is 5. The quantitative estimate of drug-likeness (QED) is 0.402. The second kappa shape index (κ2) is 5.90. The molecule has 0 saturated heterocycles. The minimum absolute atomic E-state index is 0.147. The average molecular weight is 310 g/mol. The van der Waals surface area contributed by atoms with Crippen LogP contribution in [0.25, 0.3) is 6.08 Å². The highest BCUT2D eigenvalue weighted by Crippen LogP contribution is 2.37. The Morgan fingerprint density at radius 3 is 2.19 bits per heavy atom. The molecule has 1 aromatic carbocycles. The van der Waals surface area contributed by atoms with Gasteiger partial charge in [0.1, 0.15) is 5.75 Å². The Morgan fingerprint density at radius 2 is 1.67 bits per heavy atom. The Morgan fingerprint density at radius 1 is 1.10 bits per heavy atom. The molecule has 0 saturated carbocycles. The summed E-state index contributed by atoms with van der Waals surface area (Å²) in [7, 11) is 0. The van der Waals surface area contributed by atoms with Crippen molar-refractivity contribution in [1.82, 2.24) is 0 Å². The molecule has 114 valence electrons. The first kappa shape index (κ1) is 16.6. The summed E-state index contributed by atoms with van der Waals surface area (Å²) >= 11 is 0. The maximum Gasteiger partial charge on any atom is 0.465 e. The van der Waals surface area contributed by atoms with Crippen molar-refractivity contribution >= 4 is 18.0 Å². The maximum absolute atomic E-state index is 12.7. The van der Waals surface area contributed by atoms with E-state index < -0.39 is 29.8 Å². The number of carboxylic acids is 1. The topological polar surface area (TPSA) is 63.6 Å². The molecule has 0 radical (unpaired) electrons. The molecule has 0 fully saturated rings. The van der Waals surface area contributed by atoms with E-state index in [1.54, 1.807) is 0 Å². The summed E-state index contributed by atoms with van der Waals surface area (Å²) in [5.41, 5.74) is -0.147. The number of carbonyl (C=O) groups is 2. The van der Waals surface area contributed by atoms with Crippen LogP contribution in [0, 0.1) is 0 Å². The smallest absolute Gasteiger partial charge is 0.465 e. The van der Waals surface area contributed by atoms with Gasteiger partial charge in [-0.05, 0) is 12.1 Å². The second-order valence-corrected chi connectivity index (χ2v) is 3.67. The van der Waals surface area contributed by atoms with Gasteiger partial charge in [0, 0.05) is 11.6 Å². The molecule has 21 heavy (non-hydrogen) atoms. The highest BCUT2D eigenvalue weighted by Gasteiger charge is 2.65. The molecule has 0 unspecified atom stereocenters. The number of esters is 1. The Bertz CT molecular complexity index is 577. The predicted molar refractivity (Wildman–Crippen MR) is 59.7 cm³/mol. The third kappa shape index (κ3) is 4.01. The molecule has 9 heteroatoms. The van der Waals surface area contributed by atoms with Crippen LogP contribution in [0.1, 0.15) is 5.56 Å². The van der Waals surface area contributed by atoms with Crippen LogP contribution in [-0.4, -0.2) is 29.1 Å². The van der Waals surface area contributed by atoms with Crippen LogP contribution in [0.3, 0.4) is 0 Å². The lowest BCUT2D eigenvalue weighted by Gasteiger charge is -2.18. The number of aliphatic carboxylic acids is 1. The molecular weight excluding hydrogens is 303 g/mol. The molecule has 0 aliphatic heterocycles. The Hall–Kier alpha value is -2.45. The molecule has 1 aromatic rings. The van der Waals surface area contributed by atoms with Crippen LogP contribution in [0.4, 0.5) is 22.0 Å². The van der Waals surface area contributed by atoms with Gasteiger partial charge in [-0.3, -0.25) is 0 Å². The largest absolute Gasteiger partial charge is 0.478 e. The highest BCUT2D eigenvalue weighted by atomic mass is 19.4. The van der Waals surface area contributed by atoms with E-state index in [-0.39, 0.29) is 5.56 Å². The summed E-state index contributed by atoms with van der Waals surface area (Å²) in [6, 6.07) is 4.69. The highest BCUT2D eigenvalue weighted by molar-refractivity contribution is 5.87. The number of halogens is 5. The summed E-state index contributed by atoms with van der Waals surface area (Å²) in [5, 5.41) is 8.42. The van der Waals surface area contributed by atoms with Gasteiger partial charge in [0.25, 0.3) is 0 Å². The first-order valence-electron chi connectivity index (χ1n) is 5.22. The van der Waals surface area contributed by atoms with Crippen molar-refractivity contribution in [2.24, 2.45) is 0 Å². The molecule has 1 rings (SSSR count). The Kier molecular flexibility index (Phi) is 4.66. The number of para-hydroxylation sites is 1. The van der Waals surface area contributed by atoms with Crippen molar-refractivity contribution in [2.45, 2.75) is 12.1 Å². The molecule has 0 spiro atoms. The van der Waals surface area contributed by atoms with Gasteiger partial charge in [0.2, 0.25) is 0 Å². The number of hydrogen-bond acceptors (Lipinski definition) is 3. The number of carboxylic acid groups (broad SMARTS) is 1. The van der Waals surface area contributed by atoms with E-state index in [4.69, 9.17) is 5.11 Å². The third-order valence-corrected chi connectivity index (χ3v) is 2.14. The number of carbonyl (C=O) groups excluding carboxylic acids is 1. The predicted octanol–water partition coefficient (Wildman–Crippen LogP) is 2.89. The van der Waals surface area contributed by atoms with Crippen LogP contribution in [0.2, 0.25) is 0 Å². The van der Waals surface area contributed by atoms with Crippen LogP contribution in [0.5, 0.6) is 5.75 Å². The number of benzene rings is 1. The van der Waals surface area contributed by atoms with E-state index >= 15 is 0 Å². The van der Waals surface area contributed by atoms with Crippen LogP contribution in [0.15, 0.2) is 30.3 Å². The molecule has 0 heterocycles. The van der Waals surface area contributed by atoms with Gasteiger partial charge >= 0.3 is 24.0 Å². The van der Waals surface area contributed by atoms with Gasteiger partial charge in [0.15, 0.2) is 0 Å². The second-order valence-electron chi connectivity index (χ2n) is 3.67. The summed E-state index contributed by atoms with van der Waals surface area (Å²) in [5.74, 6) is -10.5. The lowest BCUT2D eigenvalue weighted by Crippen LogP contribution is -2.46. The summed E-state index contributed by atoms with van der Waals surface area (Å²) in [6.07, 6.45) is -4.60. The molecule has 0 amide bonds. The van der Waals surface area contributed by atoms with Crippen LogP contribution < -0.4 is 4.74 Å². The summed E-state index contributed by atoms with van der Waals surface area (Å²) < 4.78 is 65.5. The summed E-state index contributed by atoms with van der Waals surface area (Å²) in [6.45, 7) is 0. The molecule has 0 aromatic heterocycles. The zero-order chi connectivity index (χ0) is 16.3. The molecular formula is C12H7F5O4. The van der Waals surface area contributed by atoms with E-state index in [0.29, 0.717) is 6.08 Å². The molecule has 4 nitrogen and oxygen atoms in total. The van der Waals surface area contributed by atoms with Gasteiger partial charge in [0.05, 0.1) is 0 Å². The molecule has 0 aliphatic carbocycles. The number of hydrogen-bond donors (Lipinski definition) is 1. The average Bonchev–Trinajstić information content (AvgIpc) is 2.36. The monoisotopic (exact) mass is 310 g/mol. The number of rotatable bonds is 4. The SMILES string of the molecule is O=C(O)/C=C/c1ccccc1OC(=O)C(F)(F)C(F)(F)F. The minimum Gasteiger partial charge on any atom is -0.478 e. The number of ether oxygens (including phenoxy) is 1. The van der Waals surface area contributed by atoms with Crippen molar-refractivity contribution in [3.8, 4) is 5.75 Å². The first-order chi connectivity index (χ1) is 9.55. The van der Waals surface area contributed by atoms with Crippen molar-refractivity contribution in [2.75, 3.05) is 0 Å². The van der Waals surface area contributed by atoms with Gasteiger partial charge in [-0.1, -0.05) is 18.2 Å². The standard InChI is InChI=1S/C12H7F5O4/c13-11(14,12(15,16)17)10(20)21-8-4-2-1-3-7(8)5-6-9(18)19/h1-6H,(H,18,19)/b6-5+. The van der Waals surface area contributed by atoms with Gasteiger partial charge in [-0.25, -0.2) is 9.59 Å². The minimum atomic E-state index is -6.09. The van der Waals surface area contributed by atoms with E-state index in [9.17, 15) is 31.5 Å². The normalized spacial score (nSPS) is 12.4. The fraction of sp³-hybridized carbons (Fsp3) is 0.167. The zero-order valence-electron chi connectivity index (χ0n) is 10.0. The van der Waals surface area contributed by atoms with E-state index in [0.717, 1.165) is 12.1 Å². The van der Waals surface area contributed by atoms with E-state index in [2.05, 4.69) is 4.74 Å². The Balaban J connectivity index is 3.04. The van der Waals surface area contributed by atoms with Crippen LogP contribution >= 0.6 is 0 Å². The zero-order valence-corrected chi connectivity index (χ0v) is 10.0. The summed E-state index contributed by atoms with van der Waals surface area (Å²) in [4.78, 5) is 21.3. The fourth-order valence-corrected chi connectivity index (χ4v) is 1.15. The maximum atomic E-state index is 12.7. The van der Waals surface area contributed by atoms with E-state index in [1.165, 1.54) is 18.2 Å². The van der Waals surface area contributed by atoms with Crippen molar-refractivity contribution in [3.05, 3.63) is 35.9 Å². The van der Waals surface area contributed by atoms with Crippen molar-refractivity contribution in [3.63, 3.8) is 0 Å². The van der Waals surface area contributed by atoms with Gasteiger partial charge in [-0.2, -0.15) is 22.0 Å².